The van der Waals surface area contributed by atoms with Crippen LogP contribution < -0.4 is 5.73 Å². The third-order valence-corrected chi connectivity index (χ3v) is 6.90. The van der Waals surface area contributed by atoms with E-state index < -0.39 is 0 Å². The molecule has 0 atom stereocenters. The van der Waals surface area contributed by atoms with E-state index in [9.17, 15) is 0 Å². The molecule has 1 heteroatoms. The third kappa shape index (κ3) is 2.60. The summed E-state index contributed by atoms with van der Waals surface area (Å²) in [5, 5.41) is 2.89. The number of allylic oxidation sites excluding steroid dienone is 4. The van der Waals surface area contributed by atoms with Crippen molar-refractivity contribution in [3.05, 3.63) is 58.7 Å². The molecule has 0 spiro atoms. The highest BCUT2D eigenvalue weighted by Crippen LogP contribution is 2.44. The number of fused-ring (bicyclic) bond motifs is 4. The van der Waals surface area contributed by atoms with Gasteiger partial charge in [-0.2, -0.15) is 0 Å². The molecule has 1 saturated carbocycles. The molecule has 2 N–H and O–H groups in total. The molecular weight excluding hydrogens is 314 g/mol. The van der Waals surface area contributed by atoms with E-state index in [1.165, 1.54) is 91.7 Å². The second kappa shape index (κ2) is 6.61. The van der Waals surface area contributed by atoms with E-state index in [1.807, 2.05) is 0 Å². The minimum atomic E-state index is 0.646. The molecule has 0 heterocycles. The van der Waals surface area contributed by atoms with Crippen LogP contribution in [0.3, 0.4) is 0 Å². The van der Waals surface area contributed by atoms with Crippen LogP contribution in [0.5, 0.6) is 0 Å². The van der Waals surface area contributed by atoms with E-state index in [0.29, 0.717) is 5.92 Å². The minimum Gasteiger partial charge on any atom is -0.398 e. The summed E-state index contributed by atoms with van der Waals surface area (Å²) < 4.78 is 0. The van der Waals surface area contributed by atoms with E-state index in [-0.39, 0.29) is 0 Å². The smallest absolute Gasteiger partial charge is 0.0355 e. The lowest BCUT2D eigenvalue weighted by Crippen LogP contribution is -2.09. The van der Waals surface area contributed by atoms with E-state index in [2.05, 4.69) is 36.4 Å². The van der Waals surface area contributed by atoms with Gasteiger partial charge in [0.2, 0.25) is 0 Å². The Morgan fingerprint density at radius 2 is 1.62 bits per heavy atom. The lowest BCUT2D eigenvalue weighted by Gasteiger charge is -2.27. The Morgan fingerprint density at radius 1 is 0.808 bits per heavy atom. The van der Waals surface area contributed by atoms with Gasteiger partial charge in [0.25, 0.3) is 0 Å². The number of hydrogen-bond donors (Lipinski definition) is 1. The Morgan fingerprint density at radius 3 is 2.46 bits per heavy atom. The molecule has 0 aromatic heterocycles. The zero-order valence-corrected chi connectivity index (χ0v) is 15.7. The molecule has 2 aromatic rings. The molecular formula is C25H29N. The summed E-state index contributed by atoms with van der Waals surface area (Å²) in [6, 6.07) is 9.25. The van der Waals surface area contributed by atoms with Gasteiger partial charge in [0.05, 0.1) is 0 Å². The maximum absolute atomic E-state index is 6.53. The van der Waals surface area contributed by atoms with Gasteiger partial charge in [0.1, 0.15) is 0 Å². The maximum atomic E-state index is 6.53. The molecule has 3 aliphatic rings. The van der Waals surface area contributed by atoms with Crippen molar-refractivity contribution < 1.29 is 0 Å². The molecule has 1 fully saturated rings. The van der Waals surface area contributed by atoms with Crippen molar-refractivity contribution in [2.75, 3.05) is 5.73 Å². The van der Waals surface area contributed by atoms with Crippen molar-refractivity contribution in [3.63, 3.8) is 0 Å². The molecule has 26 heavy (non-hydrogen) atoms. The predicted octanol–water partition coefficient (Wildman–Crippen LogP) is 6.91. The first-order chi connectivity index (χ1) is 12.8. The van der Waals surface area contributed by atoms with Crippen LogP contribution in [0.15, 0.2) is 42.0 Å². The topological polar surface area (TPSA) is 26.0 Å². The Hall–Kier alpha value is -2.02. The van der Waals surface area contributed by atoms with E-state index in [4.69, 9.17) is 5.73 Å². The first-order valence-electron chi connectivity index (χ1n) is 10.6. The predicted molar refractivity (Wildman–Crippen MR) is 112 cm³/mol. The summed E-state index contributed by atoms with van der Waals surface area (Å²) in [4.78, 5) is 0. The van der Waals surface area contributed by atoms with Crippen molar-refractivity contribution >= 4 is 22.0 Å². The second-order valence-electron chi connectivity index (χ2n) is 8.40. The molecule has 2 aromatic carbocycles. The van der Waals surface area contributed by atoms with Crippen LogP contribution in [0.25, 0.3) is 16.3 Å². The van der Waals surface area contributed by atoms with Gasteiger partial charge in [-0.05, 0) is 83.5 Å². The second-order valence-corrected chi connectivity index (χ2v) is 8.40. The van der Waals surface area contributed by atoms with Crippen LogP contribution in [-0.2, 0) is 6.42 Å². The fourth-order valence-corrected chi connectivity index (χ4v) is 5.58. The molecule has 0 aliphatic heterocycles. The maximum Gasteiger partial charge on any atom is 0.0355 e. The monoisotopic (exact) mass is 343 g/mol. The highest BCUT2D eigenvalue weighted by Gasteiger charge is 2.24. The summed E-state index contributed by atoms with van der Waals surface area (Å²) in [6.07, 6.45) is 17.7. The van der Waals surface area contributed by atoms with E-state index >= 15 is 0 Å². The van der Waals surface area contributed by atoms with Gasteiger partial charge < -0.3 is 5.73 Å². The van der Waals surface area contributed by atoms with Gasteiger partial charge >= 0.3 is 0 Å². The van der Waals surface area contributed by atoms with Crippen LogP contribution in [0.2, 0.25) is 0 Å². The van der Waals surface area contributed by atoms with Crippen molar-refractivity contribution in [1.82, 2.24) is 0 Å². The number of anilines is 1. The van der Waals surface area contributed by atoms with Crippen LogP contribution in [0, 0.1) is 0 Å². The quantitative estimate of drug-likeness (QED) is 0.442. The van der Waals surface area contributed by atoms with Crippen LogP contribution >= 0.6 is 0 Å². The van der Waals surface area contributed by atoms with Crippen molar-refractivity contribution in [2.45, 2.75) is 70.1 Å². The normalized spacial score (nSPS) is 20.8. The highest BCUT2D eigenvalue weighted by atomic mass is 14.6. The number of aryl methyl sites for hydroxylation is 1. The number of benzene rings is 2. The van der Waals surface area contributed by atoms with Crippen LogP contribution in [0.4, 0.5) is 5.69 Å². The molecule has 0 saturated heterocycles. The number of nitrogen functional groups attached to an aromatic ring is 1. The van der Waals surface area contributed by atoms with Crippen molar-refractivity contribution in [2.24, 2.45) is 0 Å². The molecule has 0 unspecified atom stereocenters. The molecule has 134 valence electrons. The Labute approximate surface area is 157 Å². The van der Waals surface area contributed by atoms with E-state index in [1.54, 1.807) is 11.1 Å². The van der Waals surface area contributed by atoms with Crippen LogP contribution in [0.1, 0.15) is 80.4 Å². The van der Waals surface area contributed by atoms with Gasteiger partial charge in [-0.15, -0.1) is 0 Å². The zero-order chi connectivity index (χ0) is 17.5. The molecule has 0 amide bonds. The molecule has 5 rings (SSSR count). The van der Waals surface area contributed by atoms with Crippen molar-refractivity contribution in [1.29, 1.82) is 0 Å². The van der Waals surface area contributed by atoms with Gasteiger partial charge in [0, 0.05) is 5.69 Å². The molecule has 0 bridgehead atoms. The Bertz CT molecular complexity index is 907. The average Bonchev–Trinajstić information content (AvgIpc) is 2.96. The van der Waals surface area contributed by atoms with E-state index in [0.717, 1.165) is 5.69 Å². The largest absolute Gasteiger partial charge is 0.398 e. The number of nitrogens with two attached hydrogens (primary N) is 1. The minimum absolute atomic E-state index is 0.646. The summed E-state index contributed by atoms with van der Waals surface area (Å²) in [6.45, 7) is 0. The summed E-state index contributed by atoms with van der Waals surface area (Å²) in [5.41, 5.74) is 15.2. The highest BCUT2D eigenvalue weighted by molar-refractivity contribution is 5.97. The zero-order valence-electron chi connectivity index (χ0n) is 15.7. The Kier molecular flexibility index (Phi) is 4.11. The molecule has 0 radical (unpaired) electrons. The summed E-state index contributed by atoms with van der Waals surface area (Å²) in [5.74, 6) is 0.646. The van der Waals surface area contributed by atoms with Gasteiger partial charge in [-0.1, -0.05) is 61.6 Å². The van der Waals surface area contributed by atoms with Gasteiger partial charge in [0.15, 0.2) is 0 Å². The summed E-state index contributed by atoms with van der Waals surface area (Å²) >= 11 is 0. The number of hydrogen-bond acceptors (Lipinski definition) is 1. The van der Waals surface area contributed by atoms with Crippen molar-refractivity contribution in [3.8, 4) is 0 Å². The first kappa shape index (κ1) is 16.2. The summed E-state index contributed by atoms with van der Waals surface area (Å²) in [7, 11) is 0. The fourth-order valence-electron chi connectivity index (χ4n) is 5.58. The average molecular weight is 344 g/mol. The standard InChI is InChI=1S/C25H29N/c26-24-16-15-22-21-12-11-17-7-5-6-10-19(17)20(21)13-14-23(22)25(24)18-8-3-1-2-4-9-18/h6,10,13-16,18H,1-5,7-9,11-12,26H2. The molecule has 3 aliphatic carbocycles. The van der Waals surface area contributed by atoms with Crippen LogP contribution in [-0.4, -0.2) is 0 Å². The van der Waals surface area contributed by atoms with Gasteiger partial charge in [-0.25, -0.2) is 0 Å². The number of rotatable bonds is 1. The first-order valence-corrected chi connectivity index (χ1v) is 10.6. The Balaban J connectivity index is 1.68. The fraction of sp³-hybridized carbons (Fsp3) is 0.440. The third-order valence-electron chi connectivity index (χ3n) is 6.90. The molecule has 1 nitrogen and oxygen atoms in total. The van der Waals surface area contributed by atoms with Gasteiger partial charge in [-0.3, -0.25) is 0 Å². The lowest BCUT2D eigenvalue weighted by molar-refractivity contribution is 0.598. The lowest BCUT2D eigenvalue weighted by atomic mass is 9.78. The SMILES string of the molecule is Nc1ccc2c3c(ccc2c1C1CCCCCC1)C1=C(CCC=C1)CC3.